The van der Waals surface area contributed by atoms with Crippen molar-refractivity contribution in [2.75, 3.05) is 12.8 Å². The van der Waals surface area contributed by atoms with Gasteiger partial charge in [-0.3, -0.25) is 0 Å². The molecule has 0 amide bonds. The molecule has 0 aromatic heterocycles. The first-order valence-electron chi connectivity index (χ1n) is 8.52. The molecule has 0 unspecified atom stereocenters. The molecule has 2 aromatic rings. The minimum absolute atomic E-state index is 0.251. The highest BCUT2D eigenvalue weighted by Crippen LogP contribution is 2.33. The first-order valence-corrected chi connectivity index (χ1v) is 8.52. The number of anilines is 1. The summed E-state index contributed by atoms with van der Waals surface area (Å²) < 4.78 is 11.5. The van der Waals surface area contributed by atoms with Crippen LogP contribution in [-0.2, 0) is 0 Å². The number of methoxy groups -OCH3 is 1. The van der Waals surface area contributed by atoms with Gasteiger partial charge in [0.1, 0.15) is 0 Å². The van der Waals surface area contributed by atoms with Crippen LogP contribution in [0, 0.1) is 11.3 Å². The van der Waals surface area contributed by atoms with Crippen LogP contribution < -0.4 is 15.2 Å². The molecule has 3 rings (SSSR count). The molecule has 0 spiro atoms. The molecule has 0 aliphatic heterocycles. The Morgan fingerprint density at radius 3 is 2.48 bits per heavy atom. The van der Waals surface area contributed by atoms with Gasteiger partial charge in [-0.05, 0) is 67.2 Å². The molecule has 2 aromatic carbocycles. The number of nitriles is 1. The van der Waals surface area contributed by atoms with Crippen molar-refractivity contribution in [2.45, 2.75) is 31.8 Å². The monoisotopic (exact) mass is 334 g/mol. The zero-order chi connectivity index (χ0) is 17.6. The standard InChI is InChI=1S/C21H22N2O2/c1-24-20-11-6-15(13-21(20)25-19-4-2-3-5-19)12-17(14-22)16-7-9-18(23)10-8-16/h6-13,19H,2-5,23H2,1H3/b17-12+. The largest absolute Gasteiger partial charge is 0.493 e. The van der Waals surface area contributed by atoms with Crippen molar-refractivity contribution in [1.82, 2.24) is 0 Å². The summed E-state index contributed by atoms with van der Waals surface area (Å²) in [7, 11) is 1.64. The molecule has 4 heteroatoms. The first kappa shape index (κ1) is 16.9. The molecule has 128 valence electrons. The van der Waals surface area contributed by atoms with Gasteiger partial charge < -0.3 is 15.2 Å². The lowest BCUT2D eigenvalue weighted by molar-refractivity contribution is 0.201. The molecule has 0 bridgehead atoms. The number of nitrogen functional groups attached to an aromatic ring is 1. The molecule has 0 radical (unpaired) electrons. The first-order chi connectivity index (χ1) is 12.2. The molecule has 25 heavy (non-hydrogen) atoms. The molecule has 1 aliphatic rings. The summed E-state index contributed by atoms with van der Waals surface area (Å²) in [5, 5.41) is 9.50. The third-order valence-electron chi connectivity index (χ3n) is 4.44. The SMILES string of the molecule is COc1ccc(/C=C(\C#N)c2ccc(N)cc2)cc1OC1CCCC1. The van der Waals surface area contributed by atoms with Crippen molar-refractivity contribution in [3.63, 3.8) is 0 Å². The normalized spacial score (nSPS) is 15.0. The zero-order valence-electron chi connectivity index (χ0n) is 14.4. The number of nitrogens with two attached hydrogens (primary N) is 1. The van der Waals surface area contributed by atoms with Crippen LogP contribution in [0.1, 0.15) is 36.8 Å². The zero-order valence-corrected chi connectivity index (χ0v) is 14.4. The minimum atomic E-state index is 0.251. The van der Waals surface area contributed by atoms with Crippen LogP contribution in [0.5, 0.6) is 11.5 Å². The number of hydrogen-bond donors (Lipinski definition) is 1. The van der Waals surface area contributed by atoms with Crippen LogP contribution in [0.25, 0.3) is 11.6 Å². The Labute approximate surface area is 148 Å². The molecule has 1 aliphatic carbocycles. The maximum atomic E-state index is 9.50. The number of ether oxygens (including phenoxy) is 2. The third-order valence-corrected chi connectivity index (χ3v) is 4.44. The smallest absolute Gasteiger partial charge is 0.162 e. The van der Waals surface area contributed by atoms with Gasteiger partial charge in [0.15, 0.2) is 11.5 Å². The van der Waals surface area contributed by atoms with E-state index in [9.17, 15) is 5.26 Å². The van der Waals surface area contributed by atoms with Crippen molar-refractivity contribution < 1.29 is 9.47 Å². The summed E-state index contributed by atoms with van der Waals surface area (Å²) in [4.78, 5) is 0. The van der Waals surface area contributed by atoms with Crippen LogP contribution in [-0.4, -0.2) is 13.2 Å². The highest BCUT2D eigenvalue weighted by Gasteiger charge is 2.18. The van der Waals surface area contributed by atoms with Crippen molar-refractivity contribution >= 4 is 17.3 Å². The number of nitrogens with zero attached hydrogens (tertiary/aromatic N) is 1. The Morgan fingerprint density at radius 2 is 1.84 bits per heavy atom. The van der Waals surface area contributed by atoms with Crippen LogP contribution in [0.4, 0.5) is 5.69 Å². The number of allylic oxidation sites excluding steroid dienone is 1. The van der Waals surface area contributed by atoms with E-state index in [2.05, 4.69) is 6.07 Å². The molecule has 0 atom stereocenters. The van der Waals surface area contributed by atoms with Gasteiger partial charge in [-0.2, -0.15) is 5.26 Å². The average Bonchev–Trinajstić information content (AvgIpc) is 3.14. The van der Waals surface area contributed by atoms with Gasteiger partial charge in [0.2, 0.25) is 0 Å². The van der Waals surface area contributed by atoms with E-state index < -0.39 is 0 Å². The molecule has 4 nitrogen and oxygen atoms in total. The summed E-state index contributed by atoms with van der Waals surface area (Å²) in [5.41, 5.74) is 8.72. The van der Waals surface area contributed by atoms with Crippen molar-refractivity contribution in [1.29, 1.82) is 5.26 Å². The van der Waals surface area contributed by atoms with E-state index in [1.165, 1.54) is 12.8 Å². The van der Waals surface area contributed by atoms with Gasteiger partial charge in [-0.1, -0.05) is 18.2 Å². The topological polar surface area (TPSA) is 68.3 Å². The number of hydrogen-bond acceptors (Lipinski definition) is 4. The molecule has 1 saturated carbocycles. The van der Waals surface area contributed by atoms with Gasteiger partial charge >= 0.3 is 0 Å². The molecular formula is C21H22N2O2. The molecule has 2 N–H and O–H groups in total. The molecule has 0 saturated heterocycles. The maximum absolute atomic E-state index is 9.50. The van der Waals surface area contributed by atoms with Gasteiger partial charge in [-0.15, -0.1) is 0 Å². The second-order valence-electron chi connectivity index (χ2n) is 6.23. The lowest BCUT2D eigenvalue weighted by Gasteiger charge is -2.16. The quantitative estimate of drug-likeness (QED) is 0.490. The van der Waals surface area contributed by atoms with Gasteiger partial charge in [-0.25, -0.2) is 0 Å². The second kappa shape index (κ2) is 7.76. The second-order valence-corrected chi connectivity index (χ2v) is 6.23. The van der Waals surface area contributed by atoms with Crippen molar-refractivity contribution in [3.05, 3.63) is 53.6 Å². The average molecular weight is 334 g/mol. The fraction of sp³-hybridized carbons (Fsp3) is 0.286. The van der Waals surface area contributed by atoms with Crippen LogP contribution in [0.2, 0.25) is 0 Å². The van der Waals surface area contributed by atoms with E-state index >= 15 is 0 Å². The highest BCUT2D eigenvalue weighted by molar-refractivity contribution is 5.90. The van der Waals surface area contributed by atoms with E-state index in [0.29, 0.717) is 11.3 Å². The Morgan fingerprint density at radius 1 is 1.12 bits per heavy atom. The number of benzene rings is 2. The molecule has 0 heterocycles. The van der Waals surface area contributed by atoms with E-state index in [0.717, 1.165) is 35.5 Å². The van der Waals surface area contributed by atoms with E-state index in [-0.39, 0.29) is 6.10 Å². The fourth-order valence-electron chi connectivity index (χ4n) is 3.07. The maximum Gasteiger partial charge on any atom is 0.162 e. The predicted octanol–water partition coefficient (Wildman–Crippen LogP) is 4.66. The van der Waals surface area contributed by atoms with Gasteiger partial charge in [0, 0.05) is 5.69 Å². The third kappa shape index (κ3) is 4.13. The van der Waals surface area contributed by atoms with Crippen LogP contribution in [0.3, 0.4) is 0 Å². The van der Waals surface area contributed by atoms with Crippen LogP contribution >= 0.6 is 0 Å². The highest BCUT2D eigenvalue weighted by atomic mass is 16.5. The van der Waals surface area contributed by atoms with Gasteiger partial charge in [0.25, 0.3) is 0 Å². The number of rotatable bonds is 5. The van der Waals surface area contributed by atoms with E-state index in [1.54, 1.807) is 19.2 Å². The van der Waals surface area contributed by atoms with Crippen molar-refractivity contribution in [3.8, 4) is 17.6 Å². The minimum Gasteiger partial charge on any atom is -0.493 e. The predicted molar refractivity (Wildman–Crippen MR) is 100 cm³/mol. The molecule has 1 fully saturated rings. The summed E-state index contributed by atoms with van der Waals surface area (Å²) in [6.45, 7) is 0. The molecular weight excluding hydrogens is 312 g/mol. The fourth-order valence-corrected chi connectivity index (χ4v) is 3.07. The summed E-state index contributed by atoms with van der Waals surface area (Å²) in [6.07, 6.45) is 6.69. The summed E-state index contributed by atoms with van der Waals surface area (Å²) in [5.74, 6) is 1.45. The lowest BCUT2D eigenvalue weighted by Crippen LogP contribution is -2.11. The lowest BCUT2D eigenvalue weighted by atomic mass is 10.0. The van der Waals surface area contributed by atoms with Crippen molar-refractivity contribution in [2.24, 2.45) is 0 Å². The van der Waals surface area contributed by atoms with Gasteiger partial charge in [0.05, 0.1) is 24.9 Å². The van der Waals surface area contributed by atoms with Crippen LogP contribution in [0.15, 0.2) is 42.5 Å². The summed E-state index contributed by atoms with van der Waals surface area (Å²) in [6, 6.07) is 15.3. The Kier molecular flexibility index (Phi) is 5.25. The Hall–Kier alpha value is -2.93. The Balaban J connectivity index is 1.90. The summed E-state index contributed by atoms with van der Waals surface area (Å²) >= 11 is 0. The van der Waals surface area contributed by atoms with E-state index in [1.807, 2.05) is 36.4 Å². The Bertz CT molecular complexity index is 798. The van der Waals surface area contributed by atoms with E-state index in [4.69, 9.17) is 15.2 Å².